The maximum Gasteiger partial charge on any atom is 0.407 e. The van der Waals surface area contributed by atoms with Crippen LogP contribution >= 0.6 is 0 Å². The van der Waals surface area contributed by atoms with E-state index in [2.05, 4.69) is 16.0 Å². The van der Waals surface area contributed by atoms with Gasteiger partial charge in [-0.15, -0.1) is 0 Å². The van der Waals surface area contributed by atoms with Gasteiger partial charge in [-0.25, -0.2) is 9.59 Å². The molecule has 3 aromatic rings. The highest BCUT2D eigenvalue weighted by molar-refractivity contribution is 5.91. The molecule has 0 fully saturated rings. The van der Waals surface area contributed by atoms with Crippen molar-refractivity contribution in [2.24, 2.45) is 5.92 Å². The molecule has 5 N–H and O–H groups in total. The fourth-order valence-electron chi connectivity index (χ4n) is 5.09. The van der Waals surface area contributed by atoms with Crippen LogP contribution in [0.2, 0.25) is 0 Å². The lowest BCUT2D eigenvalue weighted by Crippen LogP contribution is -2.54. The summed E-state index contributed by atoms with van der Waals surface area (Å²) < 4.78 is 5.46. The number of ether oxygens (including phenoxy) is 1. The molecule has 0 saturated heterocycles. The third kappa shape index (κ3) is 7.66. The molecule has 0 saturated carbocycles. The normalized spacial score (nSPS) is 13.4. The summed E-state index contributed by atoms with van der Waals surface area (Å²) in [4.78, 5) is 50.0. The molecule has 0 spiro atoms. The molecule has 0 aromatic heterocycles. The van der Waals surface area contributed by atoms with Crippen LogP contribution in [0.15, 0.2) is 72.8 Å². The Morgan fingerprint density at radius 3 is 2.00 bits per heavy atom. The van der Waals surface area contributed by atoms with Gasteiger partial charge >= 0.3 is 12.1 Å². The first-order chi connectivity index (χ1) is 20.1. The van der Waals surface area contributed by atoms with E-state index in [1.54, 1.807) is 12.1 Å². The van der Waals surface area contributed by atoms with E-state index in [1.807, 2.05) is 62.4 Å². The Kier molecular flexibility index (Phi) is 9.80. The largest absolute Gasteiger partial charge is 0.508 e. The molecule has 10 nitrogen and oxygen atoms in total. The van der Waals surface area contributed by atoms with Crippen LogP contribution in [0, 0.1) is 5.92 Å². The minimum Gasteiger partial charge on any atom is -0.508 e. The summed E-state index contributed by atoms with van der Waals surface area (Å²) in [6.45, 7) is 3.41. The molecule has 10 heteroatoms. The highest BCUT2D eigenvalue weighted by Gasteiger charge is 2.30. The number of carboxylic acids is 1. The number of aliphatic carboxylic acids is 1. The maximum absolute atomic E-state index is 13.0. The van der Waals surface area contributed by atoms with Gasteiger partial charge in [0.2, 0.25) is 11.8 Å². The van der Waals surface area contributed by atoms with Gasteiger partial charge in [0, 0.05) is 12.3 Å². The number of carbonyl (C=O) groups is 4. The number of alkyl carbamates (subject to hydrolysis) is 1. The summed E-state index contributed by atoms with van der Waals surface area (Å²) in [5.41, 5.74) is 4.94. The highest BCUT2D eigenvalue weighted by atomic mass is 16.5. The van der Waals surface area contributed by atoms with Crippen molar-refractivity contribution in [3.8, 4) is 16.9 Å². The number of carbonyl (C=O) groups excluding carboxylic acids is 3. The molecule has 0 aliphatic heterocycles. The summed E-state index contributed by atoms with van der Waals surface area (Å²) in [6.07, 6.45) is -0.516. The molecule has 0 heterocycles. The quantitative estimate of drug-likeness (QED) is 0.222. The average molecular weight is 574 g/mol. The van der Waals surface area contributed by atoms with E-state index in [9.17, 15) is 29.4 Å². The third-order valence-electron chi connectivity index (χ3n) is 7.09. The van der Waals surface area contributed by atoms with Gasteiger partial charge in [-0.2, -0.15) is 0 Å². The molecule has 0 unspecified atom stereocenters. The van der Waals surface area contributed by atoms with Crippen molar-refractivity contribution in [2.45, 2.75) is 44.7 Å². The van der Waals surface area contributed by atoms with E-state index in [4.69, 9.17) is 4.74 Å². The van der Waals surface area contributed by atoms with Crippen LogP contribution in [-0.2, 0) is 25.5 Å². The number of fused-ring (bicyclic) bond motifs is 3. The molecule has 0 radical (unpaired) electrons. The summed E-state index contributed by atoms with van der Waals surface area (Å²) in [6, 6.07) is 19.7. The number of rotatable bonds is 12. The fraction of sp³-hybridized carbons (Fsp3) is 0.312. The molecule has 1 aliphatic rings. The van der Waals surface area contributed by atoms with E-state index in [0.717, 1.165) is 22.3 Å². The number of phenolic OH excluding ortho intramolecular Hbond substituents is 1. The van der Waals surface area contributed by atoms with Gasteiger partial charge in [0.1, 0.15) is 31.0 Å². The smallest absolute Gasteiger partial charge is 0.407 e. The third-order valence-corrected chi connectivity index (χ3v) is 7.09. The van der Waals surface area contributed by atoms with Gasteiger partial charge in [-0.3, -0.25) is 9.59 Å². The van der Waals surface area contributed by atoms with Gasteiger partial charge in [0.25, 0.3) is 0 Å². The Morgan fingerprint density at radius 2 is 1.43 bits per heavy atom. The molecule has 220 valence electrons. The van der Waals surface area contributed by atoms with Crippen LogP contribution in [0.4, 0.5) is 4.79 Å². The molecule has 42 heavy (non-hydrogen) atoms. The van der Waals surface area contributed by atoms with Crippen molar-refractivity contribution in [1.82, 2.24) is 16.0 Å². The lowest BCUT2D eigenvalue weighted by Gasteiger charge is -2.23. The number of hydrogen-bond acceptors (Lipinski definition) is 6. The second-order valence-corrected chi connectivity index (χ2v) is 10.7. The second kappa shape index (κ2) is 13.7. The number of hydrogen-bond donors (Lipinski definition) is 5. The highest BCUT2D eigenvalue weighted by Crippen LogP contribution is 2.44. The van der Waals surface area contributed by atoms with Gasteiger partial charge in [-0.05, 0) is 52.3 Å². The van der Waals surface area contributed by atoms with E-state index in [-0.39, 0.29) is 37.0 Å². The van der Waals surface area contributed by atoms with Crippen molar-refractivity contribution in [3.63, 3.8) is 0 Å². The Bertz CT molecular complexity index is 1390. The Labute approximate surface area is 244 Å². The van der Waals surface area contributed by atoms with Crippen molar-refractivity contribution < 1.29 is 34.1 Å². The number of aromatic hydroxyl groups is 1. The second-order valence-electron chi connectivity index (χ2n) is 10.7. The van der Waals surface area contributed by atoms with Gasteiger partial charge in [-0.1, -0.05) is 74.5 Å². The zero-order valence-electron chi connectivity index (χ0n) is 23.5. The number of carboxylic acid groups (broad SMARTS) is 1. The monoisotopic (exact) mass is 573 g/mol. The SMILES string of the molecule is CC(C)C[C@H](NC(=O)CNC(=O)OCC1c2ccccc2-c2ccccc21)C(=O)N[C@@H](Cc1ccc(O)cc1)C(=O)O. The maximum atomic E-state index is 13.0. The first-order valence-electron chi connectivity index (χ1n) is 13.8. The predicted molar refractivity (Wildman–Crippen MR) is 156 cm³/mol. The lowest BCUT2D eigenvalue weighted by atomic mass is 9.98. The average Bonchev–Trinajstić information content (AvgIpc) is 3.28. The van der Waals surface area contributed by atoms with E-state index in [1.165, 1.54) is 12.1 Å². The topological polar surface area (TPSA) is 154 Å². The van der Waals surface area contributed by atoms with Crippen LogP contribution in [0.1, 0.15) is 42.9 Å². The number of amides is 3. The van der Waals surface area contributed by atoms with Crippen LogP contribution in [0.5, 0.6) is 5.75 Å². The molecule has 4 rings (SSSR count). The summed E-state index contributed by atoms with van der Waals surface area (Å²) in [7, 11) is 0. The molecule has 0 bridgehead atoms. The summed E-state index contributed by atoms with van der Waals surface area (Å²) in [5, 5.41) is 26.6. The molecule has 3 aromatic carbocycles. The van der Waals surface area contributed by atoms with Crippen molar-refractivity contribution in [2.75, 3.05) is 13.2 Å². The Morgan fingerprint density at radius 1 is 0.833 bits per heavy atom. The van der Waals surface area contributed by atoms with Crippen molar-refractivity contribution in [1.29, 1.82) is 0 Å². The number of phenols is 1. The fourth-order valence-corrected chi connectivity index (χ4v) is 5.09. The van der Waals surface area contributed by atoms with Crippen molar-refractivity contribution >= 4 is 23.9 Å². The van der Waals surface area contributed by atoms with E-state index in [0.29, 0.717) is 5.56 Å². The minimum atomic E-state index is -1.24. The minimum absolute atomic E-state index is 0.00691. The first kappa shape index (κ1) is 30.1. The summed E-state index contributed by atoms with van der Waals surface area (Å²) >= 11 is 0. The number of benzene rings is 3. The Balaban J connectivity index is 1.30. The number of nitrogens with one attached hydrogen (secondary N) is 3. The van der Waals surface area contributed by atoms with Crippen LogP contribution in [-0.4, -0.2) is 59.3 Å². The lowest BCUT2D eigenvalue weighted by molar-refractivity contribution is -0.142. The molecular weight excluding hydrogens is 538 g/mol. The van der Waals surface area contributed by atoms with Crippen LogP contribution < -0.4 is 16.0 Å². The van der Waals surface area contributed by atoms with Crippen molar-refractivity contribution in [3.05, 3.63) is 89.5 Å². The molecule has 1 aliphatic carbocycles. The van der Waals surface area contributed by atoms with Gasteiger partial charge in [0.05, 0.1) is 0 Å². The van der Waals surface area contributed by atoms with E-state index < -0.39 is 42.5 Å². The standard InChI is InChI=1S/C32H35N3O7/c1-19(2)15-27(30(38)35-28(31(39)40)16-20-11-13-21(36)14-12-20)34-29(37)17-33-32(41)42-18-26-24-9-5-3-7-22(24)23-8-4-6-10-25(23)26/h3-14,19,26-28,36H,15-18H2,1-2H3,(H,33,41)(H,34,37)(H,35,38)(H,39,40)/t27-,28-/m0/s1. The zero-order valence-corrected chi connectivity index (χ0v) is 23.5. The van der Waals surface area contributed by atoms with Crippen LogP contribution in [0.25, 0.3) is 11.1 Å². The van der Waals surface area contributed by atoms with Crippen LogP contribution in [0.3, 0.4) is 0 Å². The van der Waals surface area contributed by atoms with Gasteiger partial charge < -0.3 is 30.9 Å². The first-order valence-corrected chi connectivity index (χ1v) is 13.8. The predicted octanol–water partition coefficient (Wildman–Crippen LogP) is 3.57. The zero-order chi connectivity index (χ0) is 30.2. The Hall–Kier alpha value is -4.86. The molecular formula is C32H35N3O7. The molecule has 3 amide bonds. The van der Waals surface area contributed by atoms with E-state index >= 15 is 0 Å². The molecule has 2 atom stereocenters. The van der Waals surface area contributed by atoms with Gasteiger partial charge in [0.15, 0.2) is 0 Å². The summed E-state index contributed by atoms with van der Waals surface area (Å²) in [5.74, 6) is -2.57.